The Hall–Kier alpha value is -2.41. The van der Waals surface area contributed by atoms with Crippen molar-refractivity contribution < 1.29 is 4.79 Å². The zero-order valence-electron chi connectivity index (χ0n) is 23.1. The number of rotatable bonds is 5. The molecule has 37 heavy (non-hydrogen) atoms. The average molecular weight is 493 g/mol. The number of allylic oxidation sites excluding steroid dienone is 2. The second-order valence-electron chi connectivity index (χ2n) is 13.3. The molecule has 0 bridgehead atoms. The highest BCUT2D eigenvalue weighted by molar-refractivity contribution is 5.91. The summed E-state index contributed by atoms with van der Waals surface area (Å²) in [6.07, 6.45) is 15.6. The van der Waals surface area contributed by atoms with Crippen LogP contribution in [-0.2, 0) is 4.79 Å². The van der Waals surface area contributed by atoms with E-state index in [2.05, 4.69) is 93.6 Å². The van der Waals surface area contributed by atoms with Gasteiger partial charge in [0.1, 0.15) is 0 Å². The normalized spacial score (nSPS) is 35.5. The average Bonchev–Trinajstić information content (AvgIpc) is 3.28. The Kier molecular flexibility index (Phi) is 6.54. The van der Waals surface area contributed by atoms with Crippen molar-refractivity contribution in [1.29, 1.82) is 0 Å². The standard InChI is InChI=1S/C36H44O/c1-25(14-16-30(26-10-6-4-7-11-26)27-12-8-5-9-13-27)32-18-19-33-31-17-15-28-24-29(37)20-22-35(28,2)34(31)21-23-36(32,33)3/h4-13,16,24-25,31-34H,14-15,17-23H2,1-3H3/t25-,31-,32+,33-,34-,35+,36-/m1/s1. The number of hydrogen-bond acceptors (Lipinski definition) is 1. The molecule has 4 aliphatic carbocycles. The molecular weight excluding hydrogens is 448 g/mol. The second kappa shape index (κ2) is 9.72. The van der Waals surface area contributed by atoms with Gasteiger partial charge in [-0.05, 0) is 115 Å². The molecule has 194 valence electrons. The summed E-state index contributed by atoms with van der Waals surface area (Å²) in [7, 11) is 0. The van der Waals surface area contributed by atoms with Crippen molar-refractivity contribution in [2.24, 2.45) is 40.4 Å². The van der Waals surface area contributed by atoms with Gasteiger partial charge in [-0.1, -0.05) is 93.1 Å². The lowest BCUT2D eigenvalue weighted by Gasteiger charge is -2.58. The van der Waals surface area contributed by atoms with Gasteiger partial charge in [0, 0.05) is 6.42 Å². The molecule has 2 aromatic carbocycles. The van der Waals surface area contributed by atoms with Crippen molar-refractivity contribution in [3.05, 3.63) is 89.5 Å². The molecule has 2 aromatic rings. The van der Waals surface area contributed by atoms with Crippen molar-refractivity contribution in [3.63, 3.8) is 0 Å². The van der Waals surface area contributed by atoms with Crippen molar-refractivity contribution in [2.75, 3.05) is 0 Å². The number of ketones is 1. The van der Waals surface area contributed by atoms with Gasteiger partial charge in [-0.2, -0.15) is 0 Å². The summed E-state index contributed by atoms with van der Waals surface area (Å²) in [5.74, 6) is 4.37. The van der Waals surface area contributed by atoms with Crippen LogP contribution in [-0.4, -0.2) is 5.78 Å². The van der Waals surface area contributed by atoms with E-state index in [1.807, 2.05) is 0 Å². The van der Waals surface area contributed by atoms with Crippen molar-refractivity contribution in [1.82, 2.24) is 0 Å². The van der Waals surface area contributed by atoms with E-state index in [1.165, 1.54) is 54.4 Å². The zero-order chi connectivity index (χ0) is 25.6. The van der Waals surface area contributed by atoms with Gasteiger partial charge in [-0.3, -0.25) is 4.79 Å². The highest BCUT2D eigenvalue weighted by Crippen LogP contribution is 2.67. The van der Waals surface area contributed by atoms with Crippen molar-refractivity contribution >= 4 is 11.4 Å². The molecule has 3 saturated carbocycles. The summed E-state index contributed by atoms with van der Waals surface area (Å²) in [5, 5.41) is 0. The van der Waals surface area contributed by atoms with Crippen LogP contribution < -0.4 is 0 Å². The van der Waals surface area contributed by atoms with Crippen molar-refractivity contribution in [2.45, 2.75) is 78.6 Å². The van der Waals surface area contributed by atoms with Gasteiger partial charge in [0.25, 0.3) is 0 Å². The van der Waals surface area contributed by atoms with E-state index in [0.29, 0.717) is 17.1 Å². The van der Waals surface area contributed by atoms with E-state index < -0.39 is 0 Å². The molecule has 4 aliphatic rings. The summed E-state index contributed by atoms with van der Waals surface area (Å²) < 4.78 is 0. The monoisotopic (exact) mass is 492 g/mol. The number of hydrogen-bond donors (Lipinski definition) is 0. The first kappa shape index (κ1) is 24.9. The van der Waals surface area contributed by atoms with E-state index in [1.54, 1.807) is 0 Å². The summed E-state index contributed by atoms with van der Waals surface area (Å²) in [6, 6.07) is 21.9. The molecule has 0 amide bonds. The lowest BCUT2D eigenvalue weighted by atomic mass is 9.46. The van der Waals surface area contributed by atoms with Crippen LogP contribution >= 0.6 is 0 Å². The molecule has 0 aliphatic heterocycles. The molecular formula is C36H44O. The lowest BCUT2D eigenvalue weighted by Crippen LogP contribution is -2.50. The molecule has 0 N–H and O–H groups in total. The minimum atomic E-state index is 0.283. The van der Waals surface area contributed by atoms with Gasteiger partial charge in [-0.15, -0.1) is 0 Å². The highest BCUT2D eigenvalue weighted by Gasteiger charge is 2.59. The van der Waals surface area contributed by atoms with Crippen LogP contribution in [0.25, 0.3) is 5.57 Å². The Morgan fingerprint density at radius 1 is 0.865 bits per heavy atom. The van der Waals surface area contributed by atoms with Gasteiger partial charge in [-0.25, -0.2) is 0 Å². The van der Waals surface area contributed by atoms with E-state index in [0.717, 1.165) is 49.4 Å². The predicted octanol–water partition coefficient (Wildman–Crippen LogP) is 9.29. The Balaban J connectivity index is 1.22. The number of carbonyl (C=O) groups excluding carboxylic acids is 1. The van der Waals surface area contributed by atoms with Crippen LogP contribution in [0.4, 0.5) is 0 Å². The maximum atomic E-state index is 12.2. The van der Waals surface area contributed by atoms with E-state index in [9.17, 15) is 4.79 Å². The molecule has 1 heteroatoms. The molecule has 0 unspecified atom stereocenters. The van der Waals surface area contributed by atoms with E-state index in [4.69, 9.17) is 0 Å². The smallest absolute Gasteiger partial charge is 0.155 e. The van der Waals surface area contributed by atoms with Crippen LogP contribution in [0.5, 0.6) is 0 Å². The van der Waals surface area contributed by atoms with E-state index in [-0.39, 0.29) is 5.41 Å². The number of carbonyl (C=O) groups is 1. The summed E-state index contributed by atoms with van der Waals surface area (Å²) in [5.41, 5.74) is 6.27. The molecule has 0 heterocycles. The molecule has 0 aromatic heterocycles. The molecule has 0 radical (unpaired) electrons. The Morgan fingerprint density at radius 3 is 2.22 bits per heavy atom. The second-order valence-corrected chi connectivity index (χ2v) is 13.3. The fourth-order valence-electron chi connectivity index (χ4n) is 9.64. The fraction of sp³-hybridized carbons (Fsp3) is 0.528. The quantitative estimate of drug-likeness (QED) is 0.406. The summed E-state index contributed by atoms with van der Waals surface area (Å²) >= 11 is 0. The number of fused-ring (bicyclic) bond motifs is 5. The molecule has 1 nitrogen and oxygen atoms in total. The Bertz CT molecular complexity index is 1150. The third-order valence-electron chi connectivity index (χ3n) is 11.6. The minimum absolute atomic E-state index is 0.283. The fourth-order valence-corrected chi connectivity index (χ4v) is 9.64. The summed E-state index contributed by atoms with van der Waals surface area (Å²) in [6.45, 7) is 7.71. The van der Waals surface area contributed by atoms with Gasteiger partial charge >= 0.3 is 0 Å². The first-order valence-corrected chi connectivity index (χ1v) is 14.9. The SMILES string of the molecule is C[C@H](CC=C(c1ccccc1)c1ccccc1)[C@@H]1CC[C@@H]2[C@H]3CCC4=CC(=O)CC[C@]4(C)[C@@H]3CC[C@@]21C. The lowest BCUT2D eigenvalue weighted by molar-refractivity contribution is -0.117. The first-order chi connectivity index (χ1) is 17.9. The van der Waals surface area contributed by atoms with Crippen LogP contribution in [0.3, 0.4) is 0 Å². The molecule has 3 fully saturated rings. The van der Waals surface area contributed by atoms with Gasteiger partial charge in [0.05, 0.1) is 0 Å². The van der Waals surface area contributed by atoms with Gasteiger partial charge < -0.3 is 0 Å². The van der Waals surface area contributed by atoms with Crippen LogP contribution in [0.1, 0.15) is 89.7 Å². The topological polar surface area (TPSA) is 17.1 Å². The highest BCUT2D eigenvalue weighted by atomic mass is 16.1. The van der Waals surface area contributed by atoms with Crippen LogP contribution in [0.15, 0.2) is 78.4 Å². The maximum Gasteiger partial charge on any atom is 0.155 e. The first-order valence-electron chi connectivity index (χ1n) is 14.9. The van der Waals surface area contributed by atoms with E-state index >= 15 is 0 Å². The predicted molar refractivity (Wildman–Crippen MR) is 154 cm³/mol. The largest absolute Gasteiger partial charge is 0.295 e. The number of benzene rings is 2. The molecule has 7 atom stereocenters. The molecule has 6 rings (SSSR count). The van der Waals surface area contributed by atoms with Gasteiger partial charge in [0.2, 0.25) is 0 Å². The third kappa shape index (κ3) is 4.27. The van der Waals surface area contributed by atoms with Crippen molar-refractivity contribution in [3.8, 4) is 0 Å². The zero-order valence-corrected chi connectivity index (χ0v) is 23.1. The molecule has 0 saturated heterocycles. The Labute approximate surface area is 224 Å². The Morgan fingerprint density at radius 2 is 1.54 bits per heavy atom. The maximum absolute atomic E-state index is 12.2. The minimum Gasteiger partial charge on any atom is -0.295 e. The van der Waals surface area contributed by atoms with Gasteiger partial charge in [0.15, 0.2) is 5.78 Å². The summed E-state index contributed by atoms with van der Waals surface area (Å²) in [4.78, 5) is 12.2. The molecule has 0 spiro atoms. The van der Waals surface area contributed by atoms with Crippen LogP contribution in [0, 0.1) is 40.4 Å². The third-order valence-corrected chi connectivity index (χ3v) is 11.6. The van der Waals surface area contributed by atoms with Crippen LogP contribution in [0.2, 0.25) is 0 Å².